The number of ketones is 1. The van der Waals surface area contributed by atoms with E-state index in [0.717, 1.165) is 30.6 Å². The fraction of sp³-hybridized carbons (Fsp3) is 0.633. The van der Waals surface area contributed by atoms with E-state index < -0.39 is 22.6 Å². The zero-order chi connectivity index (χ0) is 44.7. The molecule has 1 aromatic carbocycles. The molecule has 2 heterocycles. The molecule has 1 aromatic rings. The molecule has 60 heavy (non-hydrogen) atoms. The van der Waals surface area contributed by atoms with Crippen molar-refractivity contribution in [2.45, 2.75) is 180 Å². The highest BCUT2D eigenvalue weighted by molar-refractivity contribution is 6.74. The number of carbonyl (C=O) groups excluding carboxylic acids is 1. The summed E-state index contributed by atoms with van der Waals surface area (Å²) in [4.78, 5) is 24.7. The number of benzene rings is 1. The summed E-state index contributed by atoms with van der Waals surface area (Å²) in [5.41, 5.74) is 2.35. The minimum atomic E-state index is -2.26. The quantitative estimate of drug-likeness (QED) is 0.0734. The molecule has 1 N–H and O–H groups in total. The number of rotatable bonds is 21. The Kier molecular flexibility index (Phi) is 20.0. The summed E-state index contributed by atoms with van der Waals surface area (Å²) < 4.78 is 38.6. The van der Waals surface area contributed by atoms with Crippen LogP contribution in [0, 0.1) is 17.8 Å². The van der Waals surface area contributed by atoms with Crippen LogP contribution in [-0.2, 0) is 39.3 Å². The van der Waals surface area contributed by atoms with Crippen molar-refractivity contribution in [2.75, 3.05) is 13.7 Å². The highest BCUT2D eigenvalue weighted by atomic mass is 28.4. The molecular formula is C49H76O9Si2. The number of carboxylic acid groups (broad SMARTS) is 1. The highest BCUT2D eigenvalue weighted by Gasteiger charge is 2.41. The van der Waals surface area contributed by atoms with Gasteiger partial charge in [0.1, 0.15) is 11.5 Å². The number of hydrogen-bond donors (Lipinski definition) is 1. The molecule has 2 aliphatic heterocycles. The number of carbonyl (C=O) groups is 2. The van der Waals surface area contributed by atoms with E-state index in [2.05, 4.69) is 130 Å². The van der Waals surface area contributed by atoms with Crippen molar-refractivity contribution >= 4 is 28.4 Å². The monoisotopic (exact) mass is 865 g/mol. The van der Waals surface area contributed by atoms with Crippen LogP contribution in [0.5, 0.6) is 5.75 Å². The van der Waals surface area contributed by atoms with Gasteiger partial charge in [-0.25, -0.2) is 4.79 Å². The Bertz CT molecular complexity index is 1700. The summed E-state index contributed by atoms with van der Waals surface area (Å²) in [5.74, 6) is 4.73. The third-order valence-corrected chi connectivity index (χ3v) is 21.2. The van der Waals surface area contributed by atoms with Crippen LogP contribution in [0.3, 0.4) is 0 Å². The van der Waals surface area contributed by atoms with Gasteiger partial charge in [-0.15, -0.1) is 0 Å². The second kappa shape index (κ2) is 23.4. The van der Waals surface area contributed by atoms with Crippen molar-refractivity contribution in [1.82, 2.24) is 0 Å². The molecule has 3 rings (SSSR count). The molecule has 0 unspecified atom stereocenters. The molecule has 0 fully saturated rings. The van der Waals surface area contributed by atoms with Crippen molar-refractivity contribution < 1.29 is 42.5 Å². The Labute approximate surface area is 364 Å². The van der Waals surface area contributed by atoms with E-state index >= 15 is 0 Å². The van der Waals surface area contributed by atoms with Gasteiger partial charge in [-0.3, -0.25) is 4.79 Å². The summed E-state index contributed by atoms with van der Waals surface area (Å²) in [6, 6.07) is 7.95. The molecular weight excluding hydrogens is 789 g/mol. The molecule has 2 aliphatic rings. The van der Waals surface area contributed by atoms with Crippen LogP contribution in [0.4, 0.5) is 0 Å². The molecule has 0 saturated heterocycles. The zero-order valence-electron chi connectivity index (χ0n) is 39.0. The van der Waals surface area contributed by atoms with Crippen LogP contribution in [0.25, 0.3) is 0 Å². The maximum atomic E-state index is 13.8. The first-order valence-corrected chi connectivity index (χ1v) is 27.6. The third kappa shape index (κ3) is 17.7. The fourth-order valence-electron chi connectivity index (χ4n) is 6.63. The lowest BCUT2D eigenvalue weighted by Gasteiger charge is -2.40. The fourth-order valence-corrected chi connectivity index (χ4v) is 9.17. The van der Waals surface area contributed by atoms with E-state index in [0.29, 0.717) is 32.5 Å². The van der Waals surface area contributed by atoms with E-state index in [1.165, 1.54) is 5.57 Å². The van der Waals surface area contributed by atoms with Gasteiger partial charge in [0.25, 0.3) is 0 Å². The molecule has 0 amide bonds. The second-order valence-corrected chi connectivity index (χ2v) is 29.2. The van der Waals surface area contributed by atoms with Crippen LogP contribution in [-0.4, -0.2) is 83.8 Å². The number of Topliss-reactive ketones (excluding diaryl/α,β-unsaturated/α-hetero) is 1. The van der Waals surface area contributed by atoms with Crippen molar-refractivity contribution in [3.8, 4) is 17.6 Å². The average Bonchev–Trinajstić information content (AvgIpc) is 3.13. The number of carboxylic acids is 1. The van der Waals surface area contributed by atoms with Crippen molar-refractivity contribution in [1.29, 1.82) is 0 Å². The second-order valence-electron chi connectivity index (χ2n) is 19.7. The predicted octanol–water partition coefficient (Wildman–Crippen LogP) is 11.2. The Morgan fingerprint density at radius 3 is 2.27 bits per heavy atom. The SMILES string of the molecule is COc1ccc(CO[C@@H](C/C=C/[C@H](CC(=O)C[C@H](C)C[C@@H]2CC=C[C@@H](CC#CC(=O)O)O2)O[Si](C)(C)C(C)(C)C)[C@H](/C=C/[C@@H]2CC(C)=CCO2)O[Si](C)(C)C(C)(C)C)cc1. The molecule has 9 nitrogen and oxygen atoms in total. The zero-order valence-corrected chi connectivity index (χ0v) is 41.0. The van der Waals surface area contributed by atoms with Gasteiger partial charge in [0.15, 0.2) is 16.6 Å². The molecule has 0 bridgehead atoms. The normalized spacial score (nSPS) is 21.2. The van der Waals surface area contributed by atoms with Crippen LogP contribution >= 0.6 is 0 Å². The van der Waals surface area contributed by atoms with Gasteiger partial charge in [-0.05, 0) is 92.5 Å². The average molecular weight is 865 g/mol. The van der Waals surface area contributed by atoms with E-state index in [1.807, 2.05) is 30.3 Å². The lowest BCUT2D eigenvalue weighted by atomic mass is 9.93. The smallest absolute Gasteiger partial charge is 0.381 e. The summed E-state index contributed by atoms with van der Waals surface area (Å²) in [6.45, 7) is 27.6. The van der Waals surface area contributed by atoms with Gasteiger partial charge in [0, 0.05) is 25.2 Å². The van der Waals surface area contributed by atoms with Crippen LogP contribution < -0.4 is 4.74 Å². The number of ether oxygens (including phenoxy) is 4. The molecule has 7 atom stereocenters. The largest absolute Gasteiger partial charge is 0.497 e. The standard InChI is InChI=1S/C49H76O9Si2/c1-36-29-30-54-42(32-36)27-28-46(58-60(12,13)49(6,7)8)45(55-35-38-23-25-40(53-9)26-24-38)21-15-20-44(57-59(10,11)48(3,4)5)34-39(50)31-37(2)33-43-19-14-17-41(56-43)18-16-22-47(51)52/h14-15,17,20,23-29,37,41-46H,18-19,21,30-35H2,1-13H3,(H,51,52)/b20-15+,28-27+/t37-,41-,42+,43-,44+,45-,46-/m0/s1. The first kappa shape index (κ1) is 51.3. The molecule has 334 valence electrons. The first-order chi connectivity index (χ1) is 28.0. The van der Waals surface area contributed by atoms with Gasteiger partial charge in [-0.1, -0.05) is 115 Å². The number of aliphatic carboxylic acids is 1. The Balaban J connectivity index is 1.87. The summed E-state index contributed by atoms with van der Waals surface area (Å²) in [6.07, 6.45) is 17.1. The van der Waals surface area contributed by atoms with Gasteiger partial charge in [0.2, 0.25) is 0 Å². The van der Waals surface area contributed by atoms with E-state index in [1.54, 1.807) is 7.11 Å². The van der Waals surface area contributed by atoms with Crippen LogP contribution in [0.1, 0.15) is 106 Å². The van der Waals surface area contributed by atoms with Gasteiger partial charge in [-0.2, -0.15) is 0 Å². The number of methoxy groups -OCH3 is 1. The first-order valence-electron chi connectivity index (χ1n) is 21.8. The highest BCUT2D eigenvalue weighted by Crippen LogP contribution is 2.40. The predicted molar refractivity (Wildman–Crippen MR) is 247 cm³/mol. The van der Waals surface area contributed by atoms with Crippen LogP contribution in [0.15, 0.2) is 72.4 Å². The summed E-state index contributed by atoms with van der Waals surface area (Å²) in [5, 5.41) is 8.80. The maximum absolute atomic E-state index is 13.8. The van der Waals surface area contributed by atoms with Crippen molar-refractivity contribution in [2.24, 2.45) is 5.92 Å². The molecule has 11 heteroatoms. The Hall–Kier alpha value is -3.09. The lowest BCUT2D eigenvalue weighted by Crippen LogP contribution is -2.47. The van der Waals surface area contributed by atoms with Gasteiger partial charge >= 0.3 is 5.97 Å². The van der Waals surface area contributed by atoms with Gasteiger partial charge in [0.05, 0.1) is 56.9 Å². The minimum absolute atomic E-state index is 0.0200. The van der Waals surface area contributed by atoms with E-state index in [4.69, 9.17) is 32.9 Å². The van der Waals surface area contributed by atoms with E-state index in [-0.39, 0.29) is 64.8 Å². The van der Waals surface area contributed by atoms with E-state index in [9.17, 15) is 9.59 Å². The Morgan fingerprint density at radius 1 is 0.983 bits per heavy atom. The molecule has 0 aromatic heterocycles. The maximum Gasteiger partial charge on any atom is 0.381 e. The Morgan fingerprint density at radius 2 is 1.65 bits per heavy atom. The van der Waals surface area contributed by atoms with Crippen LogP contribution in [0.2, 0.25) is 36.3 Å². The molecule has 0 aliphatic carbocycles. The third-order valence-electron chi connectivity index (χ3n) is 12.3. The van der Waals surface area contributed by atoms with Gasteiger partial charge < -0.3 is 32.9 Å². The topological polar surface area (TPSA) is 110 Å². The lowest BCUT2D eigenvalue weighted by molar-refractivity contribution is -0.130. The van der Waals surface area contributed by atoms with Crippen molar-refractivity contribution in [3.05, 3.63) is 77.9 Å². The summed E-state index contributed by atoms with van der Waals surface area (Å²) in [7, 11) is -2.86. The summed E-state index contributed by atoms with van der Waals surface area (Å²) >= 11 is 0. The molecule has 0 spiro atoms. The molecule has 0 saturated carbocycles. The number of hydrogen-bond acceptors (Lipinski definition) is 8. The van der Waals surface area contributed by atoms with Crippen molar-refractivity contribution in [3.63, 3.8) is 0 Å². The minimum Gasteiger partial charge on any atom is -0.497 e. The molecule has 0 radical (unpaired) electrons.